The van der Waals surface area contributed by atoms with Crippen LogP contribution in [0.5, 0.6) is 0 Å². The zero-order valence-electron chi connectivity index (χ0n) is 10.8. The maximum atomic E-state index is 12.4. The van der Waals surface area contributed by atoms with Crippen molar-refractivity contribution in [1.29, 1.82) is 0 Å². The van der Waals surface area contributed by atoms with E-state index < -0.39 is 0 Å². The van der Waals surface area contributed by atoms with Gasteiger partial charge in [-0.2, -0.15) is 0 Å². The van der Waals surface area contributed by atoms with E-state index in [0.717, 1.165) is 32.4 Å². The Morgan fingerprint density at radius 2 is 2.19 bits per heavy atom. The molecule has 2 heterocycles. The molecule has 0 aromatic rings. The number of piperidine rings is 1. The maximum Gasteiger partial charge on any atom is 0.240 e. The lowest BCUT2D eigenvalue weighted by Gasteiger charge is -2.37. The van der Waals surface area contributed by atoms with Gasteiger partial charge in [0.25, 0.3) is 0 Å². The highest BCUT2D eigenvalue weighted by atomic mass is 16.2. The van der Waals surface area contributed by atoms with Crippen molar-refractivity contribution in [3.8, 4) is 0 Å². The second-order valence-electron chi connectivity index (χ2n) is 6.04. The first-order valence-corrected chi connectivity index (χ1v) is 6.55. The number of rotatable bonds is 1. The molecule has 0 aliphatic carbocycles. The lowest BCUT2D eigenvalue weighted by molar-refractivity contribution is -0.137. The van der Waals surface area contributed by atoms with E-state index in [0.29, 0.717) is 11.8 Å². The molecule has 2 unspecified atom stereocenters. The molecule has 2 aliphatic rings. The predicted octanol–water partition coefficient (Wildman–Crippen LogP) is 1.78. The minimum Gasteiger partial charge on any atom is -0.336 e. The van der Waals surface area contributed by atoms with Crippen molar-refractivity contribution in [2.24, 2.45) is 5.92 Å². The Bertz CT molecular complexity index is 275. The number of amides is 1. The highest BCUT2D eigenvalue weighted by Crippen LogP contribution is 2.30. The fourth-order valence-corrected chi connectivity index (χ4v) is 3.00. The Morgan fingerprint density at radius 1 is 1.44 bits per heavy atom. The molecule has 2 rings (SSSR count). The van der Waals surface area contributed by atoms with Gasteiger partial charge in [-0.3, -0.25) is 4.79 Å². The second kappa shape index (κ2) is 4.36. The minimum absolute atomic E-state index is 0.0689. The quantitative estimate of drug-likeness (QED) is 0.736. The second-order valence-corrected chi connectivity index (χ2v) is 6.04. The van der Waals surface area contributed by atoms with E-state index in [1.54, 1.807) is 0 Å². The summed E-state index contributed by atoms with van der Waals surface area (Å²) in [5.74, 6) is 1.01. The molecule has 3 heteroatoms. The molecule has 0 spiro atoms. The molecule has 0 bridgehead atoms. The van der Waals surface area contributed by atoms with Crippen LogP contribution in [0.25, 0.3) is 0 Å². The largest absolute Gasteiger partial charge is 0.336 e. The average molecular weight is 224 g/mol. The van der Waals surface area contributed by atoms with Crippen LogP contribution in [-0.4, -0.2) is 35.5 Å². The van der Waals surface area contributed by atoms with Crippen molar-refractivity contribution in [2.45, 2.75) is 58.0 Å². The molecule has 3 nitrogen and oxygen atoms in total. The third-order valence-corrected chi connectivity index (χ3v) is 4.13. The molecule has 2 aliphatic heterocycles. The van der Waals surface area contributed by atoms with Crippen LogP contribution in [0.15, 0.2) is 0 Å². The van der Waals surface area contributed by atoms with Gasteiger partial charge in [0.05, 0.1) is 6.04 Å². The van der Waals surface area contributed by atoms with Gasteiger partial charge in [-0.1, -0.05) is 6.92 Å². The number of carbonyl (C=O) groups is 1. The first-order valence-electron chi connectivity index (χ1n) is 6.55. The Labute approximate surface area is 98.6 Å². The molecule has 16 heavy (non-hydrogen) atoms. The van der Waals surface area contributed by atoms with Crippen LogP contribution in [0, 0.1) is 5.92 Å². The van der Waals surface area contributed by atoms with Crippen molar-refractivity contribution in [2.75, 3.05) is 13.1 Å². The van der Waals surface area contributed by atoms with Gasteiger partial charge in [0, 0.05) is 12.1 Å². The normalized spacial score (nSPS) is 34.1. The van der Waals surface area contributed by atoms with Gasteiger partial charge >= 0.3 is 0 Å². The zero-order chi connectivity index (χ0) is 11.8. The monoisotopic (exact) mass is 224 g/mol. The van der Waals surface area contributed by atoms with Crippen molar-refractivity contribution < 1.29 is 4.79 Å². The summed E-state index contributed by atoms with van der Waals surface area (Å²) in [4.78, 5) is 14.5. The zero-order valence-corrected chi connectivity index (χ0v) is 10.8. The van der Waals surface area contributed by atoms with Crippen LogP contribution in [0.1, 0.15) is 46.5 Å². The summed E-state index contributed by atoms with van der Waals surface area (Å²) in [6.07, 6.45) is 4.50. The number of hydrogen-bond donors (Lipinski definition) is 1. The molecule has 0 saturated carbocycles. The minimum atomic E-state index is 0.0689. The third-order valence-electron chi connectivity index (χ3n) is 4.13. The van der Waals surface area contributed by atoms with Crippen LogP contribution < -0.4 is 5.32 Å². The van der Waals surface area contributed by atoms with E-state index in [4.69, 9.17) is 0 Å². The Hall–Kier alpha value is -0.570. The highest BCUT2D eigenvalue weighted by Gasteiger charge is 2.39. The molecule has 0 aromatic carbocycles. The van der Waals surface area contributed by atoms with Crippen LogP contribution >= 0.6 is 0 Å². The highest BCUT2D eigenvalue weighted by molar-refractivity contribution is 5.83. The molecule has 0 radical (unpaired) electrons. The SMILES string of the molecule is CC1CCNC(C(=O)N2CCCC2(C)C)C1. The molecule has 2 atom stereocenters. The summed E-state index contributed by atoms with van der Waals surface area (Å²) >= 11 is 0. The summed E-state index contributed by atoms with van der Waals surface area (Å²) in [6.45, 7) is 8.55. The number of carbonyl (C=O) groups excluding carboxylic acids is 1. The van der Waals surface area contributed by atoms with Gasteiger partial charge < -0.3 is 10.2 Å². The molecule has 2 saturated heterocycles. The van der Waals surface area contributed by atoms with Gasteiger partial charge in [-0.05, 0) is 52.0 Å². The van der Waals surface area contributed by atoms with Crippen molar-refractivity contribution >= 4 is 5.91 Å². The molecule has 2 fully saturated rings. The summed E-state index contributed by atoms with van der Waals surface area (Å²) < 4.78 is 0. The molecular weight excluding hydrogens is 200 g/mol. The van der Waals surface area contributed by atoms with E-state index in [1.807, 2.05) is 0 Å². The molecule has 92 valence electrons. The van der Waals surface area contributed by atoms with Crippen molar-refractivity contribution in [3.63, 3.8) is 0 Å². The van der Waals surface area contributed by atoms with Crippen LogP contribution in [-0.2, 0) is 4.79 Å². The number of hydrogen-bond acceptors (Lipinski definition) is 2. The Morgan fingerprint density at radius 3 is 2.75 bits per heavy atom. The van der Waals surface area contributed by atoms with Crippen molar-refractivity contribution in [1.82, 2.24) is 10.2 Å². The first-order chi connectivity index (χ1) is 7.50. The lowest BCUT2D eigenvalue weighted by atomic mass is 9.92. The molecule has 1 N–H and O–H groups in total. The molecule has 0 aromatic heterocycles. The third kappa shape index (κ3) is 2.24. The van der Waals surface area contributed by atoms with E-state index in [9.17, 15) is 4.79 Å². The number of likely N-dealkylation sites (tertiary alicyclic amines) is 1. The summed E-state index contributed by atoms with van der Waals surface area (Å²) in [5, 5.41) is 3.37. The van der Waals surface area contributed by atoms with Crippen LogP contribution in [0.4, 0.5) is 0 Å². The molecular formula is C13H24N2O. The van der Waals surface area contributed by atoms with Gasteiger partial charge in [0.15, 0.2) is 0 Å². The van der Waals surface area contributed by atoms with Gasteiger partial charge in [-0.25, -0.2) is 0 Å². The average Bonchev–Trinajstić information content (AvgIpc) is 2.57. The predicted molar refractivity (Wildman–Crippen MR) is 65.2 cm³/mol. The van der Waals surface area contributed by atoms with E-state index in [-0.39, 0.29) is 11.6 Å². The van der Waals surface area contributed by atoms with Crippen LogP contribution in [0.3, 0.4) is 0 Å². The van der Waals surface area contributed by atoms with Crippen LogP contribution in [0.2, 0.25) is 0 Å². The summed E-state index contributed by atoms with van der Waals surface area (Å²) in [6, 6.07) is 0.0705. The summed E-state index contributed by atoms with van der Waals surface area (Å²) in [7, 11) is 0. The summed E-state index contributed by atoms with van der Waals surface area (Å²) in [5.41, 5.74) is 0.0689. The molecule has 1 amide bonds. The Balaban J connectivity index is 2.01. The van der Waals surface area contributed by atoms with E-state index >= 15 is 0 Å². The van der Waals surface area contributed by atoms with Gasteiger partial charge in [0.1, 0.15) is 0 Å². The first kappa shape index (κ1) is 11.9. The van der Waals surface area contributed by atoms with Crippen molar-refractivity contribution in [3.05, 3.63) is 0 Å². The smallest absolute Gasteiger partial charge is 0.240 e. The number of nitrogens with one attached hydrogen (secondary N) is 1. The Kier molecular flexibility index (Phi) is 3.24. The van der Waals surface area contributed by atoms with Gasteiger partial charge in [-0.15, -0.1) is 0 Å². The topological polar surface area (TPSA) is 32.3 Å². The lowest BCUT2D eigenvalue weighted by Crippen LogP contribution is -2.54. The van der Waals surface area contributed by atoms with Gasteiger partial charge in [0.2, 0.25) is 5.91 Å². The standard InChI is InChI=1S/C13H24N2O/c1-10-5-7-14-11(9-10)12(16)15-8-4-6-13(15,2)3/h10-11,14H,4-9H2,1-3H3. The fraction of sp³-hybridized carbons (Fsp3) is 0.923. The van der Waals surface area contributed by atoms with E-state index in [1.165, 1.54) is 6.42 Å². The fourth-order valence-electron chi connectivity index (χ4n) is 3.00. The van der Waals surface area contributed by atoms with E-state index in [2.05, 4.69) is 31.0 Å². The maximum absolute atomic E-state index is 12.4. The number of nitrogens with zero attached hydrogens (tertiary/aromatic N) is 1.